The normalized spacial score (nSPS) is 15.0. The summed E-state index contributed by atoms with van der Waals surface area (Å²) in [6, 6.07) is 6.05. The molecule has 0 radical (unpaired) electrons. The molecule has 0 aliphatic carbocycles. The Morgan fingerprint density at radius 3 is 2.27 bits per heavy atom. The molecule has 22 heavy (non-hydrogen) atoms. The van der Waals surface area contributed by atoms with E-state index in [0.717, 1.165) is 23.7 Å². The second kappa shape index (κ2) is 9.01. The first-order valence-electron chi connectivity index (χ1n) is 7.68. The Bertz CT molecular complexity index is 543. The van der Waals surface area contributed by atoms with Gasteiger partial charge in [0.15, 0.2) is 0 Å². The predicted molar refractivity (Wildman–Crippen MR) is 93.2 cm³/mol. The van der Waals surface area contributed by atoms with E-state index in [2.05, 4.69) is 41.4 Å². The van der Waals surface area contributed by atoms with Crippen LogP contribution in [0.15, 0.2) is 33.6 Å². The van der Waals surface area contributed by atoms with Gasteiger partial charge in [-0.3, -0.25) is 0 Å². The van der Waals surface area contributed by atoms with Crippen molar-refractivity contribution in [2.75, 3.05) is 6.61 Å². The Morgan fingerprint density at radius 2 is 1.82 bits per heavy atom. The van der Waals surface area contributed by atoms with Crippen LogP contribution in [-0.2, 0) is 10.0 Å². The molecule has 0 amide bonds. The molecule has 0 fully saturated rings. The number of nitrogens with one attached hydrogen (secondary N) is 1. The van der Waals surface area contributed by atoms with E-state index in [1.54, 1.807) is 24.3 Å². The molecular weight excluding hydrogens is 366 g/mol. The van der Waals surface area contributed by atoms with Crippen LogP contribution in [0.2, 0.25) is 0 Å². The van der Waals surface area contributed by atoms with Gasteiger partial charge in [-0.25, -0.2) is 13.1 Å². The van der Waals surface area contributed by atoms with Gasteiger partial charge in [0.05, 0.1) is 11.5 Å². The fourth-order valence-corrected chi connectivity index (χ4v) is 4.18. The summed E-state index contributed by atoms with van der Waals surface area (Å²) in [5.41, 5.74) is 0. The number of hydrogen-bond donors (Lipinski definition) is 2. The highest BCUT2D eigenvalue weighted by molar-refractivity contribution is 9.10. The number of aliphatic hydroxyl groups is 1. The summed E-state index contributed by atoms with van der Waals surface area (Å²) in [5.74, 6) is 0.600. The number of benzene rings is 1. The molecule has 2 atom stereocenters. The summed E-state index contributed by atoms with van der Waals surface area (Å²) < 4.78 is 28.4. The van der Waals surface area contributed by atoms with E-state index in [-0.39, 0.29) is 17.4 Å². The summed E-state index contributed by atoms with van der Waals surface area (Å²) in [7, 11) is -3.62. The molecule has 0 aliphatic heterocycles. The molecule has 0 aromatic heterocycles. The number of hydrogen-bond acceptors (Lipinski definition) is 3. The molecule has 126 valence electrons. The molecular formula is C16H26BrNO3S. The fraction of sp³-hybridized carbons (Fsp3) is 0.625. The van der Waals surface area contributed by atoms with Crippen LogP contribution >= 0.6 is 15.9 Å². The van der Waals surface area contributed by atoms with Crippen LogP contribution in [0.5, 0.6) is 0 Å². The van der Waals surface area contributed by atoms with Crippen molar-refractivity contribution in [1.29, 1.82) is 0 Å². The second-order valence-corrected chi connectivity index (χ2v) is 8.67. The van der Waals surface area contributed by atoms with Gasteiger partial charge in [-0.2, -0.15) is 0 Å². The zero-order valence-electron chi connectivity index (χ0n) is 13.4. The first-order chi connectivity index (χ1) is 10.3. The maximum Gasteiger partial charge on any atom is 0.240 e. The third kappa shape index (κ3) is 5.99. The predicted octanol–water partition coefficient (Wildman–Crippen LogP) is 3.55. The van der Waals surface area contributed by atoms with Crippen LogP contribution in [-0.4, -0.2) is 26.2 Å². The van der Waals surface area contributed by atoms with E-state index in [9.17, 15) is 13.5 Å². The van der Waals surface area contributed by atoms with Gasteiger partial charge in [0.2, 0.25) is 10.0 Å². The van der Waals surface area contributed by atoms with Gasteiger partial charge < -0.3 is 5.11 Å². The molecule has 0 spiro atoms. The minimum Gasteiger partial charge on any atom is -0.395 e. The van der Waals surface area contributed by atoms with E-state index < -0.39 is 16.1 Å². The molecule has 0 aliphatic rings. The molecule has 1 aromatic carbocycles. The van der Waals surface area contributed by atoms with E-state index in [0.29, 0.717) is 5.92 Å². The van der Waals surface area contributed by atoms with Crippen LogP contribution in [0, 0.1) is 11.8 Å². The Balaban J connectivity index is 2.92. The summed E-state index contributed by atoms with van der Waals surface area (Å²) in [5, 5.41) is 9.66. The van der Waals surface area contributed by atoms with Crippen molar-refractivity contribution >= 4 is 26.0 Å². The van der Waals surface area contributed by atoms with E-state index in [1.165, 1.54) is 0 Å². The van der Waals surface area contributed by atoms with Crippen molar-refractivity contribution in [3.63, 3.8) is 0 Å². The topological polar surface area (TPSA) is 66.4 Å². The highest BCUT2D eigenvalue weighted by Crippen LogP contribution is 2.23. The zero-order chi connectivity index (χ0) is 16.8. The van der Waals surface area contributed by atoms with Crippen molar-refractivity contribution in [3.05, 3.63) is 28.7 Å². The minimum absolute atomic E-state index is 0.139. The molecule has 1 aromatic rings. The molecule has 6 heteroatoms. The van der Waals surface area contributed by atoms with Crippen LogP contribution < -0.4 is 4.72 Å². The lowest BCUT2D eigenvalue weighted by Gasteiger charge is -2.27. The summed E-state index contributed by atoms with van der Waals surface area (Å²) in [6.07, 6.45) is 2.75. The molecule has 4 nitrogen and oxygen atoms in total. The summed E-state index contributed by atoms with van der Waals surface area (Å²) in [6.45, 7) is 6.11. The van der Waals surface area contributed by atoms with Gasteiger partial charge >= 0.3 is 0 Å². The number of halogens is 1. The van der Waals surface area contributed by atoms with Crippen molar-refractivity contribution in [1.82, 2.24) is 4.72 Å². The van der Waals surface area contributed by atoms with Crippen LogP contribution in [0.4, 0.5) is 0 Å². The molecule has 1 rings (SSSR count). The highest BCUT2D eigenvalue weighted by atomic mass is 79.9. The fourth-order valence-electron chi connectivity index (χ4n) is 2.62. The van der Waals surface area contributed by atoms with Crippen molar-refractivity contribution in [2.24, 2.45) is 11.8 Å². The molecule has 2 unspecified atom stereocenters. The number of rotatable bonds is 9. The zero-order valence-corrected chi connectivity index (χ0v) is 15.8. The Labute approximate surface area is 142 Å². The lowest BCUT2D eigenvalue weighted by atomic mass is 9.87. The lowest BCUT2D eigenvalue weighted by molar-refractivity contribution is 0.193. The maximum absolute atomic E-state index is 12.5. The van der Waals surface area contributed by atoms with Gasteiger partial charge in [0.1, 0.15) is 0 Å². The van der Waals surface area contributed by atoms with E-state index in [4.69, 9.17) is 0 Å². The number of sulfonamides is 1. The smallest absolute Gasteiger partial charge is 0.240 e. The van der Waals surface area contributed by atoms with Crippen molar-refractivity contribution in [2.45, 2.75) is 51.0 Å². The maximum atomic E-state index is 12.5. The lowest BCUT2D eigenvalue weighted by Crippen LogP contribution is -2.43. The van der Waals surface area contributed by atoms with E-state index in [1.807, 2.05) is 0 Å². The third-order valence-electron chi connectivity index (χ3n) is 3.63. The highest BCUT2D eigenvalue weighted by Gasteiger charge is 2.26. The third-order valence-corrected chi connectivity index (χ3v) is 5.66. The van der Waals surface area contributed by atoms with Crippen LogP contribution in [0.1, 0.15) is 40.0 Å². The first-order valence-corrected chi connectivity index (χ1v) is 9.96. The van der Waals surface area contributed by atoms with Gasteiger partial charge in [0, 0.05) is 10.5 Å². The van der Waals surface area contributed by atoms with Gasteiger partial charge in [-0.1, -0.05) is 43.1 Å². The molecule has 0 saturated carbocycles. The van der Waals surface area contributed by atoms with E-state index >= 15 is 0 Å². The molecule has 2 N–H and O–H groups in total. The first kappa shape index (κ1) is 19.6. The van der Waals surface area contributed by atoms with Crippen LogP contribution in [0.3, 0.4) is 0 Å². The molecule has 0 saturated heterocycles. The Morgan fingerprint density at radius 1 is 1.23 bits per heavy atom. The average molecular weight is 392 g/mol. The summed E-state index contributed by atoms with van der Waals surface area (Å²) >= 11 is 3.29. The Hall–Kier alpha value is -0.430. The standard InChI is InChI=1S/C16H26BrNO3S/c1-4-5-13(10-12(2)3)16(11-19)18-22(20,21)15-8-6-14(17)7-9-15/h6-9,12-13,16,18-19H,4-5,10-11H2,1-3H3. The van der Waals surface area contributed by atoms with Gasteiger partial charge in [0.25, 0.3) is 0 Å². The monoisotopic (exact) mass is 391 g/mol. The van der Waals surface area contributed by atoms with Gasteiger partial charge in [-0.05, 0) is 48.9 Å². The second-order valence-electron chi connectivity index (χ2n) is 6.04. The largest absolute Gasteiger partial charge is 0.395 e. The van der Waals surface area contributed by atoms with Crippen molar-refractivity contribution < 1.29 is 13.5 Å². The molecule has 0 heterocycles. The SMILES string of the molecule is CCCC(CC(C)C)C(CO)NS(=O)(=O)c1ccc(Br)cc1. The quantitative estimate of drug-likeness (QED) is 0.676. The minimum atomic E-state index is -3.62. The average Bonchev–Trinajstić information content (AvgIpc) is 2.44. The van der Waals surface area contributed by atoms with Gasteiger partial charge in [-0.15, -0.1) is 0 Å². The summed E-state index contributed by atoms with van der Waals surface area (Å²) in [4.78, 5) is 0.217. The Kier molecular flexibility index (Phi) is 8.03. The van der Waals surface area contributed by atoms with Crippen LogP contribution in [0.25, 0.3) is 0 Å². The van der Waals surface area contributed by atoms with Crippen molar-refractivity contribution in [3.8, 4) is 0 Å². The molecule has 0 bridgehead atoms. The number of aliphatic hydroxyl groups excluding tert-OH is 1.